The second-order valence-electron chi connectivity index (χ2n) is 6.81. The lowest BCUT2D eigenvalue weighted by Crippen LogP contribution is -2.45. The Balaban J connectivity index is 1.79. The summed E-state index contributed by atoms with van der Waals surface area (Å²) in [7, 11) is 1.82. The Morgan fingerprint density at radius 2 is 1.83 bits per heavy atom. The van der Waals surface area contributed by atoms with Gasteiger partial charge in [0, 0.05) is 32.5 Å². The number of rotatable bonds is 2. The third-order valence-electron chi connectivity index (χ3n) is 5.23. The zero-order valence-corrected chi connectivity index (χ0v) is 13.9. The predicted octanol–water partition coefficient (Wildman–Crippen LogP) is 3.00. The molecule has 2 amide bonds. The lowest BCUT2D eigenvalue weighted by atomic mass is 9.93. The fraction of sp³-hybridized carbons (Fsp3) is 0.579. The molecule has 0 bridgehead atoms. The SMILES string of the molecule is CN1CC[C@H](C(=O)N2CCCCC[C@H]2c2ccccc2)CC1=O. The fourth-order valence-electron chi connectivity index (χ4n) is 3.78. The normalized spacial score (nSPS) is 26.0. The quantitative estimate of drug-likeness (QED) is 0.842. The van der Waals surface area contributed by atoms with Crippen molar-refractivity contribution in [2.24, 2.45) is 5.92 Å². The summed E-state index contributed by atoms with van der Waals surface area (Å²) in [5.41, 5.74) is 1.22. The predicted molar refractivity (Wildman–Crippen MR) is 89.7 cm³/mol. The zero-order chi connectivity index (χ0) is 16.2. The fourth-order valence-corrected chi connectivity index (χ4v) is 3.78. The number of amides is 2. The highest BCUT2D eigenvalue weighted by Gasteiger charge is 2.35. The summed E-state index contributed by atoms with van der Waals surface area (Å²) in [6.07, 6.45) is 5.59. The standard InChI is InChI=1S/C19H26N2O2/c1-20-13-11-16(14-18(20)22)19(23)21-12-7-3-6-10-17(21)15-8-4-2-5-9-15/h2,4-5,8-9,16-17H,3,6-7,10-14H2,1H3/t16-,17-/m0/s1. The Morgan fingerprint density at radius 1 is 1.04 bits per heavy atom. The Hall–Kier alpha value is -1.84. The molecule has 0 aromatic heterocycles. The van der Waals surface area contributed by atoms with Gasteiger partial charge in [-0.2, -0.15) is 0 Å². The van der Waals surface area contributed by atoms with Crippen molar-refractivity contribution in [3.05, 3.63) is 35.9 Å². The van der Waals surface area contributed by atoms with E-state index in [0.717, 1.165) is 32.2 Å². The van der Waals surface area contributed by atoms with Crippen molar-refractivity contribution in [2.75, 3.05) is 20.1 Å². The molecule has 1 aromatic rings. The van der Waals surface area contributed by atoms with Crippen LogP contribution in [0.5, 0.6) is 0 Å². The van der Waals surface area contributed by atoms with E-state index in [9.17, 15) is 9.59 Å². The van der Waals surface area contributed by atoms with E-state index in [-0.39, 0.29) is 23.8 Å². The van der Waals surface area contributed by atoms with Gasteiger partial charge in [-0.1, -0.05) is 43.2 Å². The van der Waals surface area contributed by atoms with Crippen LogP contribution in [-0.4, -0.2) is 41.8 Å². The van der Waals surface area contributed by atoms with Gasteiger partial charge in [0.2, 0.25) is 11.8 Å². The summed E-state index contributed by atoms with van der Waals surface area (Å²) in [4.78, 5) is 28.9. The van der Waals surface area contributed by atoms with Crippen molar-refractivity contribution in [3.63, 3.8) is 0 Å². The van der Waals surface area contributed by atoms with Crippen LogP contribution in [-0.2, 0) is 9.59 Å². The molecule has 124 valence electrons. The lowest BCUT2D eigenvalue weighted by molar-refractivity contribution is -0.146. The molecule has 2 atom stereocenters. The average Bonchev–Trinajstić information content (AvgIpc) is 2.83. The second-order valence-corrected chi connectivity index (χ2v) is 6.81. The van der Waals surface area contributed by atoms with Crippen molar-refractivity contribution >= 4 is 11.8 Å². The molecule has 2 saturated heterocycles. The largest absolute Gasteiger partial charge is 0.346 e. The number of nitrogens with zero attached hydrogens (tertiary/aromatic N) is 2. The molecular formula is C19H26N2O2. The van der Waals surface area contributed by atoms with Gasteiger partial charge in [0.25, 0.3) is 0 Å². The molecule has 2 aliphatic rings. The van der Waals surface area contributed by atoms with Crippen molar-refractivity contribution in [1.82, 2.24) is 9.80 Å². The van der Waals surface area contributed by atoms with Crippen LogP contribution >= 0.6 is 0 Å². The maximum atomic E-state index is 13.1. The van der Waals surface area contributed by atoms with Crippen LogP contribution in [0.25, 0.3) is 0 Å². The Morgan fingerprint density at radius 3 is 2.57 bits per heavy atom. The number of carbonyl (C=O) groups is 2. The number of hydrogen-bond acceptors (Lipinski definition) is 2. The molecule has 4 nitrogen and oxygen atoms in total. The molecule has 3 rings (SSSR count). The van der Waals surface area contributed by atoms with Gasteiger partial charge in [-0.15, -0.1) is 0 Å². The maximum Gasteiger partial charge on any atom is 0.226 e. The number of hydrogen-bond donors (Lipinski definition) is 0. The monoisotopic (exact) mass is 314 g/mol. The van der Waals surface area contributed by atoms with Crippen LogP contribution in [0, 0.1) is 5.92 Å². The molecule has 2 heterocycles. The van der Waals surface area contributed by atoms with Crippen LogP contribution < -0.4 is 0 Å². The molecule has 0 radical (unpaired) electrons. The Kier molecular flexibility index (Phi) is 4.99. The summed E-state index contributed by atoms with van der Waals surface area (Å²) in [5, 5.41) is 0. The van der Waals surface area contributed by atoms with E-state index in [1.54, 1.807) is 4.90 Å². The smallest absolute Gasteiger partial charge is 0.226 e. The van der Waals surface area contributed by atoms with Gasteiger partial charge < -0.3 is 9.80 Å². The third kappa shape index (κ3) is 3.57. The molecule has 0 spiro atoms. The molecule has 0 N–H and O–H groups in total. The van der Waals surface area contributed by atoms with Crippen LogP contribution in [0.15, 0.2) is 30.3 Å². The molecule has 0 saturated carbocycles. The highest BCUT2D eigenvalue weighted by Crippen LogP contribution is 2.33. The Bertz CT molecular complexity index is 558. The summed E-state index contributed by atoms with van der Waals surface area (Å²) >= 11 is 0. The van der Waals surface area contributed by atoms with E-state index in [0.29, 0.717) is 13.0 Å². The highest BCUT2D eigenvalue weighted by molar-refractivity contribution is 5.87. The number of benzene rings is 1. The lowest BCUT2D eigenvalue weighted by Gasteiger charge is -2.36. The van der Waals surface area contributed by atoms with Gasteiger partial charge in [0.15, 0.2) is 0 Å². The van der Waals surface area contributed by atoms with Gasteiger partial charge in [-0.25, -0.2) is 0 Å². The van der Waals surface area contributed by atoms with Gasteiger partial charge in [0.1, 0.15) is 0 Å². The minimum absolute atomic E-state index is 0.0979. The van der Waals surface area contributed by atoms with E-state index in [1.165, 1.54) is 12.0 Å². The number of likely N-dealkylation sites (tertiary alicyclic amines) is 2. The van der Waals surface area contributed by atoms with Gasteiger partial charge in [-0.3, -0.25) is 9.59 Å². The van der Waals surface area contributed by atoms with E-state index < -0.39 is 0 Å². The number of carbonyl (C=O) groups excluding carboxylic acids is 2. The van der Waals surface area contributed by atoms with Crippen molar-refractivity contribution in [3.8, 4) is 0 Å². The first kappa shape index (κ1) is 16.0. The van der Waals surface area contributed by atoms with Gasteiger partial charge in [-0.05, 0) is 24.8 Å². The van der Waals surface area contributed by atoms with Crippen LogP contribution in [0.1, 0.15) is 50.1 Å². The highest BCUT2D eigenvalue weighted by atomic mass is 16.2. The third-order valence-corrected chi connectivity index (χ3v) is 5.23. The number of piperidine rings is 1. The van der Waals surface area contributed by atoms with E-state index in [4.69, 9.17) is 0 Å². The summed E-state index contributed by atoms with van der Waals surface area (Å²) < 4.78 is 0. The van der Waals surface area contributed by atoms with Crippen LogP contribution in [0.4, 0.5) is 0 Å². The molecule has 0 aliphatic carbocycles. The van der Waals surface area contributed by atoms with Crippen molar-refractivity contribution < 1.29 is 9.59 Å². The average molecular weight is 314 g/mol. The van der Waals surface area contributed by atoms with E-state index in [2.05, 4.69) is 17.0 Å². The molecule has 1 aromatic carbocycles. The van der Waals surface area contributed by atoms with Gasteiger partial charge in [0.05, 0.1) is 6.04 Å². The summed E-state index contributed by atoms with van der Waals surface area (Å²) in [6.45, 7) is 1.51. The molecule has 2 fully saturated rings. The first-order valence-electron chi connectivity index (χ1n) is 8.76. The van der Waals surface area contributed by atoms with Crippen LogP contribution in [0.2, 0.25) is 0 Å². The zero-order valence-electron chi connectivity index (χ0n) is 13.9. The molecule has 23 heavy (non-hydrogen) atoms. The first-order valence-corrected chi connectivity index (χ1v) is 8.76. The maximum absolute atomic E-state index is 13.1. The van der Waals surface area contributed by atoms with Crippen molar-refractivity contribution in [1.29, 1.82) is 0 Å². The minimum Gasteiger partial charge on any atom is -0.346 e. The minimum atomic E-state index is -0.136. The van der Waals surface area contributed by atoms with Gasteiger partial charge >= 0.3 is 0 Å². The van der Waals surface area contributed by atoms with E-state index >= 15 is 0 Å². The second kappa shape index (κ2) is 7.16. The van der Waals surface area contributed by atoms with Crippen LogP contribution in [0.3, 0.4) is 0 Å². The summed E-state index contributed by atoms with van der Waals surface area (Å²) in [6, 6.07) is 10.5. The first-order chi connectivity index (χ1) is 11.2. The summed E-state index contributed by atoms with van der Waals surface area (Å²) in [5.74, 6) is 0.144. The Labute approximate surface area is 138 Å². The van der Waals surface area contributed by atoms with E-state index in [1.807, 2.05) is 25.2 Å². The van der Waals surface area contributed by atoms with Crippen molar-refractivity contribution in [2.45, 2.75) is 44.6 Å². The molecule has 0 unspecified atom stereocenters. The topological polar surface area (TPSA) is 40.6 Å². The molecule has 4 heteroatoms. The molecule has 2 aliphatic heterocycles. The molecular weight excluding hydrogens is 288 g/mol.